The fourth-order valence-corrected chi connectivity index (χ4v) is 4.32. The van der Waals surface area contributed by atoms with Gasteiger partial charge < -0.3 is 0 Å². The second kappa shape index (κ2) is 5.79. The molecule has 0 amide bonds. The third-order valence-electron chi connectivity index (χ3n) is 5.79. The Bertz CT molecular complexity index is 651. The zero-order valence-corrected chi connectivity index (χ0v) is 15.1. The van der Waals surface area contributed by atoms with E-state index in [1.807, 2.05) is 0 Å². The van der Waals surface area contributed by atoms with Crippen molar-refractivity contribution in [2.75, 3.05) is 7.05 Å². The molecule has 0 aliphatic carbocycles. The maximum atomic E-state index is 2.56. The Morgan fingerprint density at radius 3 is 1.91 bits per heavy atom. The first-order valence-corrected chi connectivity index (χ1v) is 8.69. The van der Waals surface area contributed by atoms with E-state index < -0.39 is 0 Å². The fourth-order valence-electron chi connectivity index (χ4n) is 4.32. The number of hydrogen-bond acceptors (Lipinski definition) is 1. The monoisotopic (exact) mass is 307 g/mol. The molecule has 1 heterocycles. The van der Waals surface area contributed by atoms with E-state index >= 15 is 0 Å². The average Bonchev–Trinajstić information content (AvgIpc) is 2.53. The van der Waals surface area contributed by atoms with E-state index in [1.165, 1.54) is 29.5 Å². The minimum atomic E-state index is 0.218. The lowest BCUT2D eigenvalue weighted by Gasteiger charge is -2.54. The summed E-state index contributed by atoms with van der Waals surface area (Å²) in [5, 5.41) is 0. The van der Waals surface area contributed by atoms with Gasteiger partial charge in [0.1, 0.15) is 0 Å². The van der Waals surface area contributed by atoms with Crippen LogP contribution in [-0.2, 0) is 0 Å². The average molecular weight is 307 g/mol. The number of piperidine rings is 1. The van der Waals surface area contributed by atoms with Crippen LogP contribution in [0.1, 0.15) is 52.0 Å². The number of likely N-dealkylation sites (tertiary alicyclic amines) is 1. The summed E-state index contributed by atoms with van der Waals surface area (Å²) in [6.45, 7) is 9.52. The zero-order chi connectivity index (χ0) is 16.7. The lowest BCUT2D eigenvalue weighted by Crippen LogP contribution is -2.58. The smallest absolute Gasteiger partial charge is 0.0161 e. The molecule has 0 unspecified atom stereocenters. The minimum absolute atomic E-state index is 0.218. The van der Waals surface area contributed by atoms with Crippen molar-refractivity contribution in [1.29, 1.82) is 0 Å². The van der Waals surface area contributed by atoms with E-state index in [4.69, 9.17) is 0 Å². The van der Waals surface area contributed by atoms with Gasteiger partial charge in [-0.05, 0) is 70.2 Å². The number of rotatable bonds is 2. The Hall–Kier alpha value is -1.60. The summed E-state index contributed by atoms with van der Waals surface area (Å²) in [6.07, 6.45) is 2.41. The molecule has 0 N–H and O–H groups in total. The molecule has 1 aliphatic heterocycles. The number of benzene rings is 2. The summed E-state index contributed by atoms with van der Waals surface area (Å²) in [4.78, 5) is 2.56. The fraction of sp³-hybridized carbons (Fsp3) is 0.455. The molecule has 1 nitrogen and oxygen atoms in total. The Morgan fingerprint density at radius 1 is 0.783 bits per heavy atom. The Morgan fingerprint density at radius 2 is 1.30 bits per heavy atom. The number of hydrogen-bond donors (Lipinski definition) is 0. The normalized spacial score (nSPS) is 21.3. The molecule has 122 valence electrons. The molecule has 3 rings (SSSR count). The molecular formula is C22H29N. The SMILES string of the molecule is CN1C(C)(C)CC(c2ccccc2-c2ccccc2)CC1(C)C. The van der Waals surface area contributed by atoms with Crippen molar-refractivity contribution in [3.8, 4) is 11.1 Å². The van der Waals surface area contributed by atoms with E-state index in [0.717, 1.165) is 0 Å². The van der Waals surface area contributed by atoms with Crippen LogP contribution in [0.2, 0.25) is 0 Å². The summed E-state index contributed by atoms with van der Waals surface area (Å²) in [7, 11) is 2.28. The molecule has 1 saturated heterocycles. The van der Waals surface area contributed by atoms with Crippen molar-refractivity contribution in [3.63, 3.8) is 0 Å². The molecule has 0 radical (unpaired) electrons. The molecule has 2 aromatic carbocycles. The van der Waals surface area contributed by atoms with E-state index in [1.54, 1.807) is 0 Å². The van der Waals surface area contributed by atoms with E-state index in [2.05, 4.69) is 94.2 Å². The van der Waals surface area contributed by atoms with Crippen LogP contribution >= 0.6 is 0 Å². The van der Waals surface area contributed by atoms with Gasteiger partial charge >= 0.3 is 0 Å². The van der Waals surface area contributed by atoms with Crippen LogP contribution in [0.15, 0.2) is 54.6 Å². The third kappa shape index (κ3) is 3.07. The van der Waals surface area contributed by atoms with Crippen LogP contribution in [0, 0.1) is 0 Å². The number of nitrogens with zero attached hydrogens (tertiary/aromatic N) is 1. The van der Waals surface area contributed by atoms with Crippen molar-refractivity contribution < 1.29 is 0 Å². The second-order valence-electron chi connectivity index (χ2n) is 8.24. The molecule has 0 bridgehead atoms. The summed E-state index contributed by atoms with van der Waals surface area (Å²) < 4.78 is 0. The third-order valence-corrected chi connectivity index (χ3v) is 5.79. The van der Waals surface area contributed by atoms with Crippen molar-refractivity contribution in [2.24, 2.45) is 0 Å². The van der Waals surface area contributed by atoms with E-state index in [9.17, 15) is 0 Å². The first-order valence-electron chi connectivity index (χ1n) is 8.69. The topological polar surface area (TPSA) is 3.24 Å². The lowest BCUT2D eigenvalue weighted by molar-refractivity contribution is -0.0127. The van der Waals surface area contributed by atoms with Crippen LogP contribution in [0.4, 0.5) is 0 Å². The van der Waals surface area contributed by atoms with Gasteiger partial charge in [0.15, 0.2) is 0 Å². The van der Waals surface area contributed by atoms with Gasteiger partial charge in [-0.3, -0.25) is 4.90 Å². The highest BCUT2D eigenvalue weighted by molar-refractivity contribution is 5.68. The van der Waals surface area contributed by atoms with Gasteiger partial charge in [-0.2, -0.15) is 0 Å². The highest BCUT2D eigenvalue weighted by Gasteiger charge is 2.43. The van der Waals surface area contributed by atoms with Gasteiger partial charge in [0.25, 0.3) is 0 Å². The maximum Gasteiger partial charge on any atom is 0.0161 e. The quantitative estimate of drug-likeness (QED) is 0.686. The zero-order valence-electron chi connectivity index (χ0n) is 15.1. The predicted octanol–water partition coefficient (Wildman–Crippen LogP) is 5.72. The molecule has 1 heteroatoms. The Kier molecular flexibility index (Phi) is 4.10. The molecule has 2 aromatic rings. The molecule has 0 spiro atoms. The highest BCUT2D eigenvalue weighted by atomic mass is 15.2. The molecule has 1 fully saturated rings. The molecule has 1 aliphatic rings. The van der Waals surface area contributed by atoms with Gasteiger partial charge in [-0.15, -0.1) is 0 Å². The molecule has 0 aromatic heterocycles. The largest absolute Gasteiger partial charge is 0.296 e. The van der Waals surface area contributed by atoms with Crippen LogP contribution in [0.25, 0.3) is 11.1 Å². The summed E-state index contributed by atoms with van der Waals surface area (Å²) in [6, 6.07) is 19.8. The standard InChI is InChI=1S/C22H29N/c1-21(2)15-18(16-22(3,4)23(21)5)20-14-10-9-13-19(20)17-11-7-6-8-12-17/h6-14,18H,15-16H2,1-5H3. The molecule has 23 heavy (non-hydrogen) atoms. The summed E-state index contributed by atoms with van der Waals surface area (Å²) >= 11 is 0. The van der Waals surface area contributed by atoms with Gasteiger partial charge in [-0.1, -0.05) is 54.6 Å². The summed E-state index contributed by atoms with van der Waals surface area (Å²) in [5.41, 5.74) is 4.67. The first-order chi connectivity index (χ1) is 10.8. The molecule has 0 saturated carbocycles. The van der Waals surface area contributed by atoms with Crippen LogP contribution in [0.3, 0.4) is 0 Å². The van der Waals surface area contributed by atoms with Crippen LogP contribution in [-0.4, -0.2) is 23.0 Å². The van der Waals surface area contributed by atoms with Gasteiger partial charge in [0.2, 0.25) is 0 Å². The Balaban J connectivity index is 2.03. The Labute approximate surface area is 141 Å². The van der Waals surface area contributed by atoms with Gasteiger partial charge in [-0.25, -0.2) is 0 Å². The van der Waals surface area contributed by atoms with Gasteiger partial charge in [0.05, 0.1) is 0 Å². The maximum absolute atomic E-state index is 2.56. The van der Waals surface area contributed by atoms with E-state index in [-0.39, 0.29) is 11.1 Å². The van der Waals surface area contributed by atoms with Crippen LogP contribution < -0.4 is 0 Å². The lowest BCUT2D eigenvalue weighted by atomic mass is 9.70. The highest BCUT2D eigenvalue weighted by Crippen LogP contribution is 2.46. The minimum Gasteiger partial charge on any atom is -0.296 e. The van der Waals surface area contributed by atoms with Gasteiger partial charge in [0, 0.05) is 11.1 Å². The predicted molar refractivity (Wildman–Crippen MR) is 99.8 cm³/mol. The molecule has 0 atom stereocenters. The first kappa shape index (κ1) is 16.3. The second-order valence-corrected chi connectivity index (χ2v) is 8.24. The van der Waals surface area contributed by atoms with Crippen molar-refractivity contribution in [1.82, 2.24) is 4.90 Å². The van der Waals surface area contributed by atoms with Crippen molar-refractivity contribution in [2.45, 2.75) is 57.5 Å². The molecular weight excluding hydrogens is 278 g/mol. The van der Waals surface area contributed by atoms with Crippen LogP contribution in [0.5, 0.6) is 0 Å². The summed E-state index contributed by atoms with van der Waals surface area (Å²) in [5.74, 6) is 0.604. The van der Waals surface area contributed by atoms with Crippen molar-refractivity contribution in [3.05, 3.63) is 60.2 Å². The van der Waals surface area contributed by atoms with Crippen molar-refractivity contribution >= 4 is 0 Å². The van der Waals surface area contributed by atoms with E-state index in [0.29, 0.717) is 5.92 Å².